The minimum absolute atomic E-state index is 0.0732. The van der Waals surface area contributed by atoms with E-state index in [-0.39, 0.29) is 12.1 Å². The van der Waals surface area contributed by atoms with Crippen LogP contribution in [0.3, 0.4) is 0 Å². The van der Waals surface area contributed by atoms with Crippen LogP contribution in [0.25, 0.3) is 0 Å². The van der Waals surface area contributed by atoms with Gasteiger partial charge in [-0.05, 0) is 17.7 Å². The fourth-order valence-electron chi connectivity index (χ4n) is 3.56. The van der Waals surface area contributed by atoms with Crippen LogP contribution in [0.4, 0.5) is 10.5 Å². The molecule has 2 aromatic carbocycles. The molecule has 0 saturated carbocycles. The molecule has 0 bridgehead atoms. The lowest BCUT2D eigenvalue weighted by Gasteiger charge is -2.41. The Bertz CT molecular complexity index is 691. The molecule has 2 aromatic rings. The van der Waals surface area contributed by atoms with Crippen LogP contribution in [0, 0.1) is 0 Å². The second kappa shape index (κ2) is 6.63. The highest BCUT2D eigenvalue weighted by Crippen LogP contribution is 2.28. The number of benzene rings is 2. The molecule has 2 heterocycles. The van der Waals surface area contributed by atoms with E-state index in [9.17, 15) is 4.79 Å². The number of nitrogens with one attached hydrogen (secondary N) is 1. The van der Waals surface area contributed by atoms with Gasteiger partial charge in [-0.2, -0.15) is 0 Å². The van der Waals surface area contributed by atoms with E-state index < -0.39 is 0 Å². The van der Waals surface area contributed by atoms with Gasteiger partial charge in [-0.25, -0.2) is 9.80 Å². The number of urea groups is 1. The van der Waals surface area contributed by atoms with Crippen molar-refractivity contribution in [3.05, 3.63) is 66.2 Å². The molecule has 2 fully saturated rings. The molecule has 24 heavy (non-hydrogen) atoms. The topological polar surface area (TPSA) is 38.8 Å². The SMILES string of the molecule is O=C1N(c2ccccc2)CCN1N1CCNCC1c1ccccc1. The summed E-state index contributed by atoms with van der Waals surface area (Å²) in [6, 6.07) is 20.6. The lowest BCUT2D eigenvalue weighted by atomic mass is 10.0. The van der Waals surface area contributed by atoms with Crippen molar-refractivity contribution < 1.29 is 4.79 Å². The Labute approximate surface area is 142 Å². The summed E-state index contributed by atoms with van der Waals surface area (Å²) >= 11 is 0. The highest BCUT2D eigenvalue weighted by Gasteiger charge is 2.38. The third kappa shape index (κ3) is 2.77. The maximum Gasteiger partial charge on any atom is 0.339 e. The molecular weight excluding hydrogens is 300 g/mol. The van der Waals surface area contributed by atoms with Gasteiger partial charge in [0.1, 0.15) is 0 Å². The van der Waals surface area contributed by atoms with Gasteiger partial charge in [0, 0.05) is 31.9 Å². The van der Waals surface area contributed by atoms with Gasteiger partial charge in [0.15, 0.2) is 0 Å². The molecule has 2 amide bonds. The number of hydrazine groups is 1. The fraction of sp³-hybridized carbons (Fsp3) is 0.316. The zero-order valence-corrected chi connectivity index (χ0v) is 13.6. The van der Waals surface area contributed by atoms with Crippen molar-refractivity contribution in [3.8, 4) is 0 Å². The maximum atomic E-state index is 13.0. The van der Waals surface area contributed by atoms with Gasteiger partial charge in [-0.3, -0.25) is 9.91 Å². The first-order valence-corrected chi connectivity index (χ1v) is 8.51. The second-order valence-electron chi connectivity index (χ2n) is 6.19. The molecule has 2 aliphatic rings. The summed E-state index contributed by atoms with van der Waals surface area (Å²) in [5, 5.41) is 7.61. The molecule has 0 spiro atoms. The normalized spacial score (nSPS) is 22.2. The van der Waals surface area contributed by atoms with E-state index in [0.29, 0.717) is 0 Å². The molecule has 5 nitrogen and oxygen atoms in total. The van der Waals surface area contributed by atoms with Gasteiger partial charge in [-0.15, -0.1) is 0 Å². The molecule has 1 atom stereocenters. The average Bonchev–Trinajstić information content (AvgIpc) is 3.04. The first kappa shape index (κ1) is 15.2. The second-order valence-corrected chi connectivity index (χ2v) is 6.19. The molecule has 2 aliphatic heterocycles. The highest BCUT2D eigenvalue weighted by molar-refractivity contribution is 5.93. The van der Waals surface area contributed by atoms with Crippen LogP contribution in [0.2, 0.25) is 0 Å². The van der Waals surface area contributed by atoms with Crippen molar-refractivity contribution in [1.29, 1.82) is 0 Å². The zero-order chi connectivity index (χ0) is 16.4. The predicted molar refractivity (Wildman–Crippen MR) is 94.6 cm³/mol. The molecule has 4 rings (SSSR count). The number of nitrogens with zero attached hydrogens (tertiary/aromatic N) is 3. The van der Waals surface area contributed by atoms with Crippen LogP contribution in [0.1, 0.15) is 11.6 Å². The molecule has 1 N–H and O–H groups in total. The molecule has 5 heteroatoms. The van der Waals surface area contributed by atoms with Crippen molar-refractivity contribution in [3.63, 3.8) is 0 Å². The van der Waals surface area contributed by atoms with Crippen LogP contribution in [0.15, 0.2) is 60.7 Å². The molecule has 0 radical (unpaired) electrons. The van der Waals surface area contributed by atoms with Gasteiger partial charge in [0.05, 0.1) is 12.6 Å². The van der Waals surface area contributed by atoms with E-state index in [4.69, 9.17) is 0 Å². The standard InChI is InChI=1S/C19H22N4O/c24-19-21(17-9-5-2-6-10-17)13-14-23(19)22-12-11-20-15-18(22)16-7-3-1-4-8-16/h1-10,18,20H,11-15H2. The van der Waals surface area contributed by atoms with Crippen molar-refractivity contribution in [1.82, 2.24) is 15.3 Å². The lowest BCUT2D eigenvalue weighted by molar-refractivity contribution is -0.0230. The molecule has 2 saturated heterocycles. The molecule has 0 aliphatic carbocycles. The summed E-state index contributed by atoms with van der Waals surface area (Å²) < 4.78 is 0. The van der Waals surface area contributed by atoms with Crippen LogP contribution in [-0.4, -0.2) is 48.8 Å². The number of piperazine rings is 1. The highest BCUT2D eigenvalue weighted by atomic mass is 16.2. The monoisotopic (exact) mass is 322 g/mol. The summed E-state index contributed by atoms with van der Waals surface area (Å²) in [5.41, 5.74) is 2.21. The maximum absolute atomic E-state index is 13.0. The third-order valence-corrected chi connectivity index (χ3v) is 4.76. The number of amides is 2. The Morgan fingerprint density at radius 2 is 1.58 bits per heavy atom. The van der Waals surface area contributed by atoms with Gasteiger partial charge in [-0.1, -0.05) is 48.5 Å². The number of rotatable bonds is 3. The number of para-hydroxylation sites is 1. The van der Waals surface area contributed by atoms with E-state index in [1.54, 1.807) is 0 Å². The van der Waals surface area contributed by atoms with E-state index in [2.05, 4.69) is 34.6 Å². The Morgan fingerprint density at radius 1 is 0.875 bits per heavy atom. The smallest absolute Gasteiger partial charge is 0.313 e. The Morgan fingerprint density at radius 3 is 2.33 bits per heavy atom. The van der Waals surface area contributed by atoms with Crippen molar-refractivity contribution in [2.24, 2.45) is 0 Å². The van der Waals surface area contributed by atoms with Crippen LogP contribution >= 0.6 is 0 Å². The summed E-state index contributed by atoms with van der Waals surface area (Å²) in [4.78, 5) is 14.8. The number of hydrogen-bond acceptors (Lipinski definition) is 3. The van der Waals surface area contributed by atoms with Crippen LogP contribution in [0.5, 0.6) is 0 Å². The van der Waals surface area contributed by atoms with Crippen LogP contribution < -0.4 is 10.2 Å². The third-order valence-electron chi connectivity index (χ3n) is 4.76. The first-order chi connectivity index (χ1) is 11.8. The van der Waals surface area contributed by atoms with Crippen molar-refractivity contribution in [2.75, 3.05) is 37.6 Å². The summed E-state index contributed by atoms with van der Waals surface area (Å²) in [6.45, 7) is 4.07. The van der Waals surface area contributed by atoms with E-state index in [1.165, 1.54) is 5.56 Å². The minimum atomic E-state index is 0.0732. The Balaban J connectivity index is 1.57. The Kier molecular flexibility index (Phi) is 4.19. The number of hydrogen-bond donors (Lipinski definition) is 1. The molecular formula is C19H22N4O. The van der Waals surface area contributed by atoms with Crippen molar-refractivity contribution in [2.45, 2.75) is 6.04 Å². The zero-order valence-electron chi connectivity index (χ0n) is 13.6. The van der Waals surface area contributed by atoms with E-state index >= 15 is 0 Å². The predicted octanol–water partition coefficient (Wildman–Crippen LogP) is 2.49. The first-order valence-electron chi connectivity index (χ1n) is 8.51. The molecule has 0 aromatic heterocycles. The largest absolute Gasteiger partial charge is 0.339 e. The van der Waals surface area contributed by atoms with Gasteiger partial charge >= 0.3 is 6.03 Å². The molecule has 1 unspecified atom stereocenters. The summed E-state index contributed by atoms with van der Waals surface area (Å²) in [5.74, 6) is 0. The fourth-order valence-corrected chi connectivity index (χ4v) is 3.56. The number of carbonyl (C=O) groups is 1. The van der Waals surface area contributed by atoms with Crippen molar-refractivity contribution >= 4 is 11.7 Å². The van der Waals surface area contributed by atoms with Gasteiger partial charge in [0.2, 0.25) is 0 Å². The van der Waals surface area contributed by atoms with Gasteiger partial charge in [0.25, 0.3) is 0 Å². The summed E-state index contributed by atoms with van der Waals surface area (Å²) in [6.07, 6.45) is 0. The number of anilines is 1. The molecule has 124 valence electrons. The minimum Gasteiger partial charge on any atom is -0.313 e. The Hall–Kier alpha value is -2.37. The average molecular weight is 322 g/mol. The van der Waals surface area contributed by atoms with E-state index in [1.807, 2.05) is 46.3 Å². The lowest BCUT2D eigenvalue weighted by Crippen LogP contribution is -2.55. The van der Waals surface area contributed by atoms with Gasteiger partial charge < -0.3 is 5.32 Å². The van der Waals surface area contributed by atoms with E-state index in [0.717, 1.165) is 38.4 Å². The summed E-state index contributed by atoms with van der Waals surface area (Å²) in [7, 11) is 0. The van der Waals surface area contributed by atoms with Crippen LogP contribution in [-0.2, 0) is 0 Å². The number of carbonyl (C=O) groups excluding carboxylic acids is 1. The quantitative estimate of drug-likeness (QED) is 0.944.